The summed E-state index contributed by atoms with van der Waals surface area (Å²) in [5, 5.41) is 0. The number of aromatic nitrogens is 2. The zero-order chi connectivity index (χ0) is 24.7. The Morgan fingerprint density at radius 3 is 2.23 bits per heavy atom. The van der Waals surface area contributed by atoms with Crippen LogP contribution in [0.4, 0.5) is 0 Å². The highest BCUT2D eigenvalue weighted by molar-refractivity contribution is 5.82. The molecule has 4 heteroatoms. The van der Waals surface area contributed by atoms with Crippen LogP contribution in [0.5, 0.6) is 0 Å². The van der Waals surface area contributed by atoms with Gasteiger partial charge in [0, 0.05) is 24.0 Å². The summed E-state index contributed by atoms with van der Waals surface area (Å²) in [4.78, 5) is 21.3. The molecular formula is C31H44N2O2. The smallest absolute Gasteiger partial charge is 0.330 e. The first-order valence-electron chi connectivity index (χ1n) is 14.0. The highest BCUT2D eigenvalue weighted by Gasteiger charge is 2.24. The van der Waals surface area contributed by atoms with E-state index in [-0.39, 0.29) is 12.1 Å². The molecular weight excluding hydrogens is 432 g/mol. The van der Waals surface area contributed by atoms with Crippen molar-refractivity contribution in [3.63, 3.8) is 0 Å². The van der Waals surface area contributed by atoms with Crippen LogP contribution in [0.3, 0.4) is 0 Å². The Balaban J connectivity index is 1.39. The van der Waals surface area contributed by atoms with Crippen LogP contribution in [0, 0.1) is 0 Å². The number of nitrogens with zero attached hydrogens (tertiary/aromatic N) is 2. The van der Waals surface area contributed by atoms with Crippen molar-refractivity contribution < 1.29 is 9.53 Å². The van der Waals surface area contributed by atoms with E-state index in [1.54, 1.807) is 6.08 Å². The molecule has 1 aliphatic rings. The second kappa shape index (κ2) is 15.5. The van der Waals surface area contributed by atoms with Gasteiger partial charge < -0.3 is 4.74 Å². The first kappa shape index (κ1) is 27.1. The Hall–Kier alpha value is -2.49. The summed E-state index contributed by atoms with van der Waals surface area (Å²) in [5.74, 6) is 1.14. The highest BCUT2D eigenvalue weighted by atomic mass is 16.5. The lowest BCUT2D eigenvalue weighted by molar-refractivity contribution is -0.144. The molecule has 0 amide bonds. The number of carbonyl (C=O) groups excluding carboxylic acids is 1. The molecule has 1 heterocycles. The van der Waals surface area contributed by atoms with Crippen molar-refractivity contribution in [3.8, 4) is 11.4 Å². The molecule has 4 nitrogen and oxygen atoms in total. The number of allylic oxidation sites excluding steroid dienone is 1. The SMILES string of the molecule is CCCCCCC/C=C/C(=O)OC1CCC(c2ccc(-c3ncc(CCCCC)cn3)cc2)CC1. The summed E-state index contributed by atoms with van der Waals surface area (Å²) >= 11 is 0. The van der Waals surface area contributed by atoms with Crippen molar-refractivity contribution in [2.45, 2.75) is 116 Å². The largest absolute Gasteiger partial charge is 0.459 e. The fourth-order valence-electron chi connectivity index (χ4n) is 4.88. The van der Waals surface area contributed by atoms with E-state index in [1.807, 2.05) is 18.5 Å². The average molecular weight is 477 g/mol. The third-order valence-corrected chi connectivity index (χ3v) is 7.10. The van der Waals surface area contributed by atoms with Crippen LogP contribution in [0.2, 0.25) is 0 Å². The van der Waals surface area contributed by atoms with E-state index in [1.165, 1.54) is 56.1 Å². The number of hydrogen-bond acceptors (Lipinski definition) is 4. The van der Waals surface area contributed by atoms with Crippen LogP contribution in [-0.2, 0) is 16.0 Å². The summed E-state index contributed by atoms with van der Waals surface area (Å²) in [6.45, 7) is 4.45. The number of ether oxygens (including phenoxy) is 1. The van der Waals surface area contributed by atoms with Crippen LogP contribution in [0.15, 0.2) is 48.8 Å². The number of aryl methyl sites for hydroxylation is 1. The normalized spacial score (nSPS) is 18.1. The molecule has 3 rings (SSSR count). The van der Waals surface area contributed by atoms with Gasteiger partial charge in [0.25, 0.3) is 0 Å². The molecule has 1 fully saturated rings. The van der Waals surface area contributed by atoms with Gasteiger partial charge in [-0.05, 0) is 68.4 Å². The quantitative estimate of drug-likeness (QED) is 0.156. The van der Waals surface area contributed by atoms with Crippen LogP contribution in [-0.4, -0.2) is 22.0 Å². The molecule has 1 aromatic heterocycles. The molecule has 0 spiro atoms. The summed E-state index contributed by atoms with van der Waals surface area (Å²) in [5.41, 5.74) is 3.64. The van der Waals surface area contributed by atoms with Crippen molar-refractivity contribution in [1.82, 2.24) is 9.97 Å². The van der Waals surface area contributed by atoms with E-state index < -0.39 is 0 Å². The first-order chi connectivity index (χ1) is 17.2. The number of esters is 1. The molecule has 1 aromatic carbocycles. The number of unbranched alkanes of at least 4 members (excludes halogenated alkanes) is 7. The first-order valence-corrected chi connectivity index (χ1v) is 14.0. The standard InChI is InChI=1S/C31H44N2O2/c1-3-5-7-8-9-10-12-14-30(34)35-29-21-19-27(20-22-29)26-15-17-28(18-16-26)31-32-23-25(24-33-31)13-11-6-4-2/h12,14-18,23-24,27,29H,3-11,13,19-22H2,1-2H3/b14-12+. The topological polar surface area (TPSA) is 52.1 Å². The second-order valence-electron chi connectivity index (χ2n) is 10.0. The van der Waals surface area contributed by atoms with Gasteiger partial charge in [0.05, 0.1) is 0 Å². The van der Waals surface area contributed by atoms with E-state index >= 15 is 0 Å². The van der Waals surface area contributed by atoms with Crippen LogP contribution in [0.25, 0.3) is 11.4 Å². The minimum atomic E-state index is -0.178. The van der Waals surface area contributed by atoms with Crippen molar-refractivity contribution in [2.24, 2.45) is 0 Å². The van der Waals surface area contributed by atoms with Crippen molar-refractivity contribution in [1.29, 1.82) is 0 Å². The highest BCUT2D eigenvalue weighted by Crippen LogP contribution is 2.34. The predicted molar refractivity (Wildman–Crippen MR) is 144 cm³/mol. The maximum Gasteiger partial charge on any atom is 0.330 e. The Kier molecular flexibility index (Phi) is 12.0. The van der Waals surface area contributed by atoms with Gasteiger partial charge in [-0.3, -0.25) is 0 Å². The fraction of sp³-hybridized carbons (Fsp3) is 0.581. The van der Waals surface area contributed by atoms with E-state index in [2.05, 4.69) is 48.1 Å². The van der Waals surface area contributed by atoms with Crippen LogP contribution in [0.1, 0.15) is 114 Å². The lowest BCUT2D eigenvalue weighted by atomic mass is 9.82. The fourth-order valence-corrected chi connectivity index (χ4v) is 4.88. The van der Waals surface area contributed by atoms with Crippen molar-refractivity contribution in [3.05, 3.63) is 59.9 Å². The monoisotopic (exact) mass is 476 g/mol. The molecule has 1 saturated carbocycles. The van der Waals surface area contributed by atoms with Crippen molar-refractivity contribution in [2.75, 3.05) is 0 Å². The van der Waals surface area contributed by atoms with Gasteiger partial charge in [0.1, 0.15) is 6.10 Å². The summed E-state index contributed by atoms with van der Waals surface area (Å²) in [6.07, 6.45) is 23.6. The van der Waals surface area contributed by atoms with E-state index in [0.717, 1.165) is 56.3 Å². The van der Waals surface area contributed by atoms with Crippen LogP contribution >= 0.6 is 0 Å². The molecule has 2 aromatic rings. The van der Waals surface area contributed by atoms with E-state index in [4.69, 9.17) is 4.74 Å². The van der Waals surface area contributed by atoms with Gasteiger partial charge in [0.15, 0.2) is 5.82 Å². The lowest BCUT2D eigenvalue weighted by Crippen LogP contribution is -2.23. The second-order valence-corrected chi connectivity index (χ2v) is 10.0. The zero-order valence-electron chi connectivity index (χ0n) is 21.9. The molecule has 0 bridgehead atoms. The average Bonchev–Trinajstić information content (AvgIpc) is 2.89. The third kappa shape index (κ3) is 9.58. The van der Waals surface area contributed by atoms with Gasteiger partial charge in [0.2, 0.25) is 0 Å². The summed E-state index contributed by atoms with van der Waals surface area (Å²) in [7, 11) is 0. The molecule has 1 aliphatic carbocycles. The Morgan fingerprint density at radius 2 is 1.54 bits per heavy atom. The van der Waals surface area contributed by atoms with Crippen LogP contribution < -0.4 is 0 Å². The lowest BCUT2D eigenvalue weighted by Gasteiger charge is -2.28. The minimum Gasteiger partial charge on any atom is -0.459 e. The van der Waals surface area contributed by atoms with Gasteiger partial charge >= 0.3 is 5.97 Å². The number of rotatable bonds is 14. The summed E-state index contributed by atoms with van der Waals surface area (Å²) in [6, 6.07) is 8.71. The van der Waals surface area contributed by atoms with Gasteiger partial charge in [-0.2, -0.15) is 0 Å². The Morgan fingerprint density at radius 1 is 0.886 bits per heavy atom. The number of hydrogen-bond donors (Lipinski definition) is 0. The number of benzene rings is 1. The van der Waals surface area contributed by atoms with Gasteiger partial charge in [-0.15, -0.1) is 0 Å². The molecule has 0 unspecified atom stereocenters. The van der Waals surface area contributed by atoms with Gasteiger partial charge in [-0.25, -0.2) is 14.8 Å². The molecule has 190 valence electrons. The maximum atomic E-state index is 12.1. The Labute approximate surface area is 212 Å². The third-order valence-electron chi connectivity index (χ3n) is 7.10. The summed E-state index contributed by atoms with van der Waals surface area (Å²) < 4.78 is 5.70. The molecule has 0 radical (unpaired) electrons. The Bertz CT molecular complexity index is 881. The molecule has 0 saturated heterocycles. The van der Waals surface area contributed by atoms with Gasteiger partial charge in [-0.1, -0.05) is 82.7 Å². The molecule has 0 N–H and O–H groups in total. The maximum absolute atomic E-state index is 12.1. The van der Waals surface area contributed by atoms with E-state index in [9.17, 15) is 4.79 Å². The van der Waals surface area contributed by atoms with E-state index in [0.29, 0.717) is 5.92 Å². The minimum absolute atomic E-state index is 0.0523. The zero-order valence-corrected chi connectivity index (χ0v) is 21.9. The predicted octanol–water partition coefficient (Wildman–Crippen LogP) is 8.36. The number of carbonyl (C=O) groups is 1. The molecule has 35 heavy (non-hydrogen) atoms. The molecule has 0 atom stereocenters. The van der Waals surface area contributed by atoms with Crippen molar-refractivity contribution >= 4 is 5.97 Å². The molecule has 0 aliphatic heterocycles.